The van der Waals surface area contributed by atoms with Crippen molar-refractivity contribution in [1.82, 2.24) is 0 Å². The molecule has 0 atom stereocenters. The summed E-state index contributed by atoms with van der Waals surface area (Å²) in [5.41, 5.74) is 0. The summed E-state index contributed by atoms with van der Waals surface area (Å²) < 4.78 is 30.8. The molecule has 72 valence electrons. The molecule has 0 saturated carbocycles. The summed E-state index contributed by atoms with van der Waals surface area (Å²) in [5, 5.41) is 0. The molecule has 0 aromatic heterocycles. The van der Waals surface area contributed by atoms with E-state index >= 15 is 0 Å². The van der Waals surface area contributed by atoms with E-state index in [4.69, 9.17) is 13.2 Å². The minimum Gasteiger partial charge on any atom is 5.00 e. The van der Waals surface area contributed by atoms with Crippen molar-refractivity contribution in [2.24, 2.45) is 0 Å². The second-order valence-electron chi connectivity index (χ2n) is 0.513. The predicted octanol–water partition coefficient (Wildman–Crippen LogP) is -17.5. The molecule has 0 aliphatic carbocycles. The predicted molar refractivity (Wildman–Crippen MR) is 18.9 cm³/mol. The van der Waals surface area contributed by atoms with Gasteiger partial charge in [-0.3, -0.25) is 0 Å². The monoisotopic (exact) mass is 484 g/mol. The van der Waals surface area contributed by atoms with Gasteiger partial charge in [-0.25, -0.2) is 0 Å². The largest absolute Gasteiger partial charge is 5.00 e. The van der Waals surface area contributed by atoms with Crippen molar-refractivity contribution in [1.29, 1.82) is 0 Å². The first kappa shape index (κ1) is 49.0. The van der Waals surface area contributed by atoms with Gasteiger partial charge in [0.05, 0.1) is 0 Å². The molecule has 0 unspecified atom stereocenters. The van der Waals surface area contributed by atoms with E-state index < -0.39 is 20.1 Å². The van der Waals surface area contributed by atoms with Crippen molar-refractivity contribution >= 4 is 44.5 Å². The molecular weight excluding hydrogens is 485 g/mol. The third kappa shape index (κ3) is 193. The van der Waals surface area contributed by atoms with Crippen LogP contribution in [0.4, 0.5) is 0 Å². The Balaban J connectivity index is -0.00000000533. The van der Waals surface area contributed by atoms with E-state index in [1.54, 1.807) is 0 Å². The van der Waals surface area contributed by atoms with Gasteiger partial charge in [0, 0.05) is 0 Å². The van der Waals surface area contributed by atoms with E-state index in [0.29, 0.717) is 0 Å². The summed E-state index contributed by atoms with van der Waals surface area (Å²) in [6.45, 7) is 0. The Kier molecular flexibility index (Phi) is 102. The van der Waals surface area contributed by atoms with Crippen LogP contribution in [0.3, 0.4) is 0 Å². The van der Waals surface area contributed by atoms with Gasteiger partial charge >= 0.3 is 57.7 Å². The van der Waals surface area contributed by atoms with Crippen molar-refractivity contribution in [3.8, 4) is 0 Å². The maximum absolute atomic E-state index is 8.97. The Bertz CT molecular complexity index is 62.6. The van der Waals surface area contributed by atoms with Crippen LogP contribution in [0.15, 0.2) is 0 Å². The van der Waals surface area contributed by atoms with E-state index in [1.165, 1.54) is 0 Å². The van der Waals surface area contributed by atoms with Crippen LogP contribution >= 0.6 is 0 Å². The van der Waals surface area contributed by atoms with Crippen molar-refractivity contribution < 1.29 is 75.2 Å². The molecule has 0 saturated heterocycles. The molecule has 0 rings (SSSR count). The molecule has 11 heteroatoms. The van der Waals surface area contributed by atoms with Gasteiger partial charge in [0.2, 0.25) is 0 Å². The van der Waals surface area contributed by atoms with E-state index in [1.807, 2.05) is 0 Å². The Labute approximate surface area is 118 Å². The Morgan fingerprint density at radius 2 is 0.727 bits per heavy atom. The zero-order valence-corrected chi connectivity index (χ0v) is 13.4. The average molecular weight is 488 g/mol. The standard InChI is InChI=1S/5ClH.3H2O.O.2Sb/h5*1H;3*1H2;;;/q;;;;;;;;;+3;+5/p-8. The van der Waals surface area contributed by atoms with Gasteiger partial charge in [-0.15, -0.1) is 0 Å². The Morgan fingerprint density at radius 3 is 0.727 bits per heavy atom. The quantitative estimate of drug-likeness (QED) is 0.297. The van der Waals surface area contributed by atoms with Gasteiger partial charge in [0.1, 0.15) is 0 Å². The SMILES string of the molecule is [Cl-].[Cl-].[Cl-].[Cl-].[Cl-].[O]=[Sb]([OH])([OH])[OH].[Sb+5]. The average Bonchev–Trinajstić information content (AvgIpc) is 0.722. The van der Waals surface area contributed by atoms with Gasteiger partial charge in [0.15, 0.2) is 0 Å². The van der Waals surface area contributed by atoms with Crippen LogP contribution in [0.5, 0.6) is 0 Å². The van der Waals surface area contributed by atoms with E-state index in [0.717, 1.165) is 0 Å². The van der Waals surface area contributed by atoms with E-state index in [-0.39, 0.29) is 86.5 Å². The first-order valence-corrected chi connectivity index (χ1v) is 5.25. The first-order valence-electron chi connectivity index (χ1n) is 0.783. The molecule has 4 nitrogen and oxygen atoms in total. The number of halogens is 5. The van der Waals surface area contributed by atoms with Crippen LogP contribution in [0.2, 0.25) is 0 Å². The fourth-order valence-corrected chi connectivity index (χ4v) is 0. The molecule has 0 fully saturated rings. The van der Waals surface area contributed by atoms with E-state index in [9.17, 15) is 0 Å². The first-order chi connectivity index (χ1) is 2.00. The zero-order chi connectivity index (χ0) is 4.50. The zero-order valence-electron chi connectivity index (χ0n) is 4.53. The molecule has 0 aromatic rings. The third-order valence-corrected chi connectivity index (χ3v) is 0. The summed E-state index contributed by atoms with van der Waals surface area (Å²) >= 11 is -5.35. The van der Waals surface area contributed by atoms with Gasteiger partial charge in [-0.2, -0.15) is 0 Å². The smallest absolute Gasteiger partial charge is 5.00 e. The number of rotatable bonds is 0. The summed E-state index contributed by atoms with van der Waals surface area (Å²) in [7, 11) is 0. The van der Waals surface area contributed by atoms with Crippen LogP contribution < -0.4 is 62.0 Å². The fraction of sp³-hybridized carbons (Fsp3) is 0. The molecule has 0 aromatic carbocycles. The summed E-state index contributed by atoms with van der Waals surface area (Å²) in [5.74, 6) is 0. The molecular formula is H3Cl5O4Sb2. The number of hydrogen-bond donors (Lipinski definition) is 3. The topological polar surface area (TPSA) is 77.8 Å². The van der Waals surface area contributed by atoms with Crippen LogP contribution in [0, 0.1) is 0 Å². The maximum atomic E-state index is 8.97. The molecule has 0 spiro atoms. The third-order valence-electron chi connectivity index (χ3n) is 0. The molecule has 0 aliphatic rings. The van der Waals surface area contributed by atoms with Crippen LogP contribution in [-0.2, 0) is 3.02 Å². The minimum atomic E-state index is -5.35. The Hall–Kier alpha value is 2.77. The maximum Gasteiger partial charge on any atom is 5.00 e. The van der Waals surface area contributed by atoms with Gasteiger partial charge in [-0.05, 0) is 0 Å². The molecule has 0 bridgehead atoms. The van der Waals surface area contributed by atoms with Crippen LogP contribution in [0.25, 0.3) is 0 Å². The molecule has 3 N–H and O–H groups in total. The number of hydrogen-bond acceptors (Lipinski definition) is 1. The van der Waals surface area contributed by atoms with Crippen LogP contribution in [0.1, 0.15) is 0 Å². The summed E-state index contributed by atoms with van der Waals surface area (Å²) in [6.07, 6.45) is 0. The fourth-order valence-electron chi connectivity index (χ4n) is 0. The summed E-state index contributed by atoms with van der Waals surface area (Å²) in [4.78, 5) is 0. The normalized spacial score (nSPS) is 5.36. The van der Waals surface area contributed by atoms with Crippen molar-refractivity contribution in [2.45, 2.75) is 0 Å². The Morgan fingerprint density at radius 1 is 0.727 bits per heavy atom. The van der Waals surface area contributed by atoms with Gasteiger partial charge in [-0.1, -0.05) is 0 Å². The van der Waals surface area contributed by atoms with Crippen LogP contribution in [-0.4, -0.2) is 54.6 Å². The van der Waals surface area contributed by atoms with Crippen molar-refractivity contribution in [3.05, 3.63) is 0 Å². The minimum absolute atomic E-state index is 0. The second-order valence-corrected chi connectivity index (χ2v) is 3.44. The van der Waals surface area contributed by atoms with Crippen molar-refractivity contribution in [3.63, 3.8) is 0 Å². The summed E-state index contributed by atoms with van der Waals surface area (Å²) in [6, 6.07) is 0. The molecule has 0 heterocycles. The van der Waals surface area contributed by atoms with Gasteiger partial charge < -0.3 is 62.0 Å². The van der Waals surface area contributed by atoms with Crippen molar-refractivity contribution in [2.75, 3.05) is 0 Å². The molecule has 0 amide bonds. The molecule has 0 aliphatic heterocycles. The molecule has 0 radical (unpaired) electrons. The second kappa shape index (κ2) is 23.0. The molecule has 11 heavy (non-hydrogen) atoms. The van der Waals surface area contributed by atoms with E-state index in [2.05, 4.69) is 0 Å². The van der Waals surface area contributed by atoms with Gasteiger partial charge in [0.25, 0.3) is 0 Å².